The molecule has 1 N–H and O–H groups in total. The molecule has 30 heavy (non-hydrogen) atoms. The van der Waals surface area contributed by atoms with Crippen LogP contribution >= 0.6 is 27.7 Å². The van der Waals surface area contributed by atoms with E-state index >= 15 is 0 Å². The average molecular weight is 489 g/mol. The fourth-order valence-corrected chi connectivity index (χ4v) is 4.84. The third-order valence-electron chi connectivity index (χ3n) is 5.30. The highest BCUT2D eigenvalue weighted by Gasteiger charge is 2.24. The Balaban J connectivity index is 1.54. The van der Waals surface area contributed by atoms with Crippen molar-refractivity contribution >= 4 is 33.6 Å². The van der Waals surface area contributed by atoms with E-state index in [4.69, 9.17) is 4.42 Å². The predicted molar refractivity (Wildman–Crippen MR) is 121 cm³/mol. The van der Waals surface area contributed by atoms with Crippen molar-refractivity contribution in [2.75, 3.05) is 0 Å². The summed E-state index contributed by atoms with van der Waals surface area (Å²) in [5.74, 6) is 1.34. The Labute approximate surface area is 189 Å². The first-order chi connectivity index (χ1) is 14.6. The maximum Gasteiger partial charge on any atom is 0.233 e. The molecule has 1 atom stereocenters. The minimum atomic E-state index is -0.262. The topological polar surface area (TPSA) is 73.0 Å². The molecule has 0 saturated heterocycles. The lowest BCUT2D eigenvalue weighted by molar-refractivity contribution is -0.121. The van der Waals surface area contributed by atoms with E-state index in [0.717, 1.165) is 18.4 Å². The number of halogens is 1. The second-order valence-electron chi connectivity index (χ2n) is 7.59. The lowest BCUT2D eigenvalue weighted by Gasteiger charge is -2.24. The molecule has 6 nitrogen and oxygen atoms in total. The van der Waals surface area contributed by atoms with Gasteiger partial charge in [-0.25, -0.2) is 0 Å². The van der Waals surface area contributed by atoms with Gasteiger partial charge < -0.3 is 9.73 Å². The SMILES string of the molecule is C[C@H](Sc1nnc(-c2ccc(Br)o2)n1Cc1ccccc1)C(=O)NC1CCCCC1. The summed E-state index contributed by atoms with van der Waals surface area (Å²) >= 11 is 4.78. The normalized spacial score (nSPS) is 15.8. The molecule has 0 spiro atoms. The monoisotopic (exact) mass is 488 g/mol. The molecule has 158 valence electrons. The molecule has 1 aliphatic rings. The van der Waals surface area contributed by atoms with Crippen molar-refractivity contribution in [3.8, 4) is 11.6 Å². The molecule has 8 heteroatoms. The van der Waals surface area contributed by atoms with Gasteiger partial charge in [-0.15, -0.1) is 10.2 Å². The van der Waals surface area contributed by atoms with Gasteiger partial charge in [0.1, 0.15) is 0 Å². The number of carbonyl (C=O) groups excluding carboxylic acids is 1. The summed E-state index contributed by atoms with van der Waals surface area (Å²) < 4.78 is 8.37. The van der Waals surface area contributed by atoms with E-state index < -0.39 is 0 Å². The Morgan fingerprint density at radius 2 is 1.97 bits per heavy atom. The van der Waals surface area contributed by atoms with Crippen molar-refractivity contribution in [3.63, 3.8) is 0 Å². The van der Waals surface area contributed by atoms with Crippen LogP contribution in [-0.2, 0) is 11.3 Å². The van der Waals surface area contributed by atoms with Crippen LogP contribution in [-0.4, -0.2) is 32.0 Å². The van der Waals surface area contributed by atoms with Gasteiger partial charge in [0.2, 0.25) is 11.7 Å². The van der Waals surface area contributed by atoms with Crippen molar-refractivity contribution in [2.24, 2.45) is 0 Å². The minimum Gasteiger partial charge on any atom is -0.446 e. The summed E-state index contributed by atoms with van der Waals surface area (Å²) in [4.78, 5) is 12.8. The van der Waals surface area contributed by atoms with Crippen LogP contribution in [0, 0.1) is 0 Å². The van der Waals surface area contributed by atoms with E-state index in [0.29, 0.717) is 34.0 Å². The number of aromatic nitrogens is 3. The van der Waals surface area contributed by atoms with Gasteiger partial charge in [-0.3, -0.25) is 9.36 Å². The molecule has 0 bridgehead atoms. The highest BCUT2D eigenvalue weighted by atomic mass is 79.9. The van der Waals surface area contributed by atoms with Crippen LogP contribution < -0.4 is 5.32 Å². The molecule has 2 heterocycles. The standard InChI is InChI=1S/C22H25BrN4O2S/c1-15(21(28)24-17-10-6-3-7-11-17)30-22-26-25-20(18-12-13-19(23)29-18)27(22)14-16-8-4-2-5-9-16/h2,4-5,8-9,12-13,15,17H,3,6-7,10-11,14H2,1H3,(H,24,28)/t15-/m0/s1. The summed E-state index contributed by atoms with van der Waals surface area (Å²) in [6.07, 6.45) is 5.81. The quantitative estimate of drug-likeness (QED) is 0.458. The summed E-state index contributed by atoms with van der Waals surface area (Å²) in [7, 11) is 0. The molecule has 4 rings (SSSR count). The molecule has 1 fully saturated rings. The first-order valence-corrected chi connectivity index (χ1v) is 12.0. The number of hydrogen-bond donors (Lipinski definition) is 1. The molecule has 3 aromatic rings. The largest absolute Gasteiger partial charge is 0.446 e. The van der Waals surface area contributed by atoms with E-state index in [1.165, 1.54) is 31.0 Å². The average Bonchev–Trinajstić information content (AvgIpc) is 3.35. The van der Waals surface area contributed by atoms with Gasteiger partial charge in [-0.05, 0) is 53.4 Å². The van der Waals surface area contributed by atoms with Gasteiger partial charge >= 0.3 is 0 Å². The van der Waals surface area contributed by atoms with Crippen LogP contribution in [0.25, 0.3) is 11.6 Å². The number of nitrogens with zero attached hydrogens (tertiary/aromatic N) is 3. The number of carbonyl (C=O) groups is 1. The van der Waals surface area contributed by atoms with Crippen molar-refractivity contribution in [3.05, 3.63) is 52.7 Å². The lowest BCUT2D eigenvalue weighted by Crippen LogP contribution is -2.40. The van der Waals surface area contributed by atoms with Crippen molar-refractivity contribution in [1.82, 2.24) is 20.1 Å². The van der Waals surface area contributed by atoms with Gasteiger partial charge in [0, 0.05) is 6.04 Å². The van der Waals surface area contributed by atoms with Gasteiger partial charge in [0.15, 0.2) is 15.6 Å². The number of thioether (sulfide) groups is 1. The third kappa shape index (κ3) is 5.16. The molecule has 1 saturated carbocycles. The Morgan fingerprint density at radius 3 is 2.67 bits per heavy atom. The van der Waals surface area contributed by atoms with E-state index in [1.54, 1.807) is 0 Å². The molecule has 0 aliphatic heterocycles. The van der Waals surface area contributed by atoms with E-state index in [2.05, 4.69) is 43.6 Å². The Hall–Kier alpha value is -2.06. The van der Waals surface area contributed by atoms with Gasteiger partial charge in [-0.1, -0.05) is 61.4 Å². The third-order valence-corrected chi connectivity index (χ3v) is 6.80. The summed E-state index contributed by atoms with van der Waals surface area (Å²) in [5, 5.41) is 12.4. The highest BCUT2D eigenvalue weighted by Crippen LogP contribution is 2.30. The molecule has 0 radical (unpaired) electrons. The van der Waals surface area contributed by atoms with Crippen molar-refractivity contribution in [1.29, 1.82) is 0 Å². The van der Waals surface area contributed by atoms with Crippen LogP contribution in [0.4, 0.5) is 0 Å². The fourth-order valence-electron chi connectivity index (χ4n) is 3.68. The van der Waals surface area contributed by atoms with E-state index in [-0.39, 0.29) is 11.2 Å². The molecule has 1 aliphatic carbocycles. The number of rotatable bonds is 7. The molecule has 2 aromatic heterocycles. The summed E-state index contributed by atoms with van der Waals surface area (Å²) in [6.45, 7) is 2.52. The fraction of sp³-hybridized carbons (Fsp3) is 0.409. The highest BCUT2D eigenvalue weighted by molar-refractivity contribution is 9.10. The van der Waals surface area contributed by atoms with Gasteiger partial charge in [-0.2, -0.15) is 0 Å². The molecule has 1 amide bonds. The summed E-state index contributed by atoms with van der Waals surface area (Å²) in [6, 6.07) is 14.1. The Bertz CT molecular complexity index is 982. The zero-order chi connectivity index (χ0) is 20.9. The molecule has 1 aromatic carbocycles. The second-order valence-corrected chi connectivity index (χ2v) is 9.67. The van der Waals surface area contributed by atoms with E-state index in [9.17, 15) is 4.79 Å². The number of benzene rings is 1. The van der Waals surface area contributed by atoms with Crippen LogP contribution in [0.3, 0.4) is 0 Å². The minimum absolute atomic E-state index is 0.0588. The van der Waals surface area contributed by atoms with Crippen molar-refractivity contribution in [2.45, 2.75) is 62.0 Å². The first-order valence-electron chi connectivity index (χ1n) is 10.3. The predicted octanol–water partition coefficient (Wildman–Crippen LogP) is 5.28. The van der Waals surface area contributed by atoms with Gasteiger partial charge in [0.25, 0.3) is 0 Å². The van der Waals surface area contributed by atoms with Crippen LogP contribution in [0.2, 0.25) is 0 Å². The van der Waals surface area contributed by atoms with Crippen LogP contribution in [0.5, 0.6) is 0 Å². The number of nitrogens with one attached hydrogen (secondary N) is 1. The first kappa shape index (κ1) is 21.2. The van der Waals surface area contributed by atoms with Crippen LogP contribution in [0.1, 0.15) is 44.6 Å². The second kappa shape index (κ2) is 9.83. The lowest BCUT2D eigenvalue weighted by atomic mass is 9.95. The number of furan rings is 1. The maximum absolute atomic E-state index is 12.8. The number of hydrogen-bond acceptors (Lipinski definition) is 5. The maximum atomic E-state index is 12.8. The molecule has 0 unspecified atom stereocenters. The number of amides is 1. The van der Waals surface area contributed by atoms with Crippen molar-refractivity contribution < 1.29 is 9.21 Å². The zero-order valence-electron chi connectivity index (χ0n) is 16.9. The smallest absolute Gasteiger partial charge is 0.233 e. The zero-order valence-corrected chi connectivity index (χ0v) is 19.3. The molecular formula is C22H25BrN4O2S. The Morgan fingerprint density at radius 1 is 1.20 bits per heavy atom. The molecular weight excluding hydrogens is 464 g/mol. The van der Waals surface area contributed by atoms with Crippen LogP contribution in [0.15, 0.2) is 56.7 Å². The van der Waals surface area contributed by atoms with Gasteiger partial charge in [0.05, 0.1) is 11.8 Å². The Kier molecular flexibility index (Phi) is 6.94. The summed E-state index contributed by atoms with van der Waals surface area (Å²) in [5.41, 5.74) is 1.13. The van der Waals surface area contributed by atoms with E-state index in [1.807, 2.05) is 41.8 Å².